The summed E-state index contributed by atoms with van der Waals surface area (Å²) < 4.78 is 0. The fourth-order valence-corrected chi connectivity index (χ4v) is 4.71. The molecular formula is C20H16NNaO5S. The molecule has 6 nitrogen and oxygen atoms in total. The number of aliphatic hydroxyl groups is 1. The van der Waals surface area contributed by atoms with Gasteiger partial charge in [-0.15, -0.1) is 11.3 Å². The van der Waals surface area contributed by atoms with Gasteiger partial charge < -0.3 is 19.9 Å². The first-order chi connectivity index (χ1) is 12.9. The summed E-state index contributed by atoms with van der Waals surface area (Å²) in [6.45, 7) is 1.53. The van der Waals surface area contributed by atoms with Crippen LogP contribution in [0.25, 0.3) is 16.0 Å². The number of aliphatic hydroxyl groups excluding tert-OH is 1. The number of hydrogen-bond donors (Lipinski definition) is 1. The Morgan fingerprint density at radius 2 is 2.07 bits per heavy atom. The zero-order valence-corrected chi connectivity index (χ0v) is 18.2. The molecule has 0 spiro atoms. The predicted octanol–water partition coefficient (Wildman–Crippen LogP) is -1.70. The minimum atomic E-state index is -1.43. The predicted molar refractivity (Wildman–Crippen MR) is 97.5 cm³/mol. The van der Waals surface area contributed by atoms with Gasteiger partial charge in [-0.05, 0) is 59.7 Å². The Hall–Kier alpha value is -1.77. The summed E-state index contributed by atoms with van der Waals surface area (Å²) in [6, 6.07) is 8.61. The monoisotopic (exact) mass is 405 g/mol. The number of carbonyl (C=O) groups is 3. The molecule has 28 heavy (non-hydrogen) atoms. The minimum Gasteiger partial charge on any atom is -0.543 e. The number of hydrogen-bond acceptors (Lipinski definition) is 6. The molecule has 0 aliphatic carbocycles. The number of β-lactam (4-membered cyclic amide) rings is 1. The van der Waals surface area contributed by atoms with Crippen molar-refractivity contribution >= 4 is 35.1 Å². The van der Waals surface area contributed by atoms with Gasteiger partial charge in [0.2, 0.25) is 5.91 Å². The van der Waals surface area contributed by atoms with Crippen molar-refractivity contribution in [2.45, 2.75) is 25.5 Å². The average Bonchev–Trinajstić information content (AvgIpc) is 3.27. The smallest absolute Gasteiger partial charge is 0.543 e. The van der Waals surface area contributed by atoms with Gasteiger partial charge in [0.1, 0.15) is 6.29 Å². The molecule has 1 amide bonds. The number of carboxylic acids is 1. The maximum absolute atomic E-state index is 12.3. The number of benzene rings is 1. The number of nitrogens with zero attached hydrogens (tertiary/aromatic N) is 1. The van der Waals surface area contributed by atoms with Gasteiger partial charge in [0, 0.05) is 10.4 Å². The van der Waals surface area contributed by atoms with Crippen LogP contribution in [0.1, 0.15) is 29.3 Å². The van der Waals surface area contributed by atoms with Gasteiger partial charge in [0.25, 0.3) is 0 Å². The summed E-state index contributed by atoms with van der Waals surface area (Å²) in [5.41, 5.74) is 2.10. The van der Waals surface area contributed by atoms with E-state index < -0.39 is 29.9 Å². The fraction of sp³-hybridized carbons (Fsp3) is 0.250. The average molecular weight is 405 g/mol. The molecule has 0 unspecified atom stereocenters. The van der Waals surface area contributed by atoms with E-state index in [9.17, 15) is 24.6 Å². The number of aliphatic carboxylic acids is 1. The van der Waals surface area contributed by atoms with E-state index in [0.717, 1.165) is 10.4 Å². The Balaban J connectivity index is 0.00000225. The Kier molecular flexibility index (Phi) is 5.93. The molecule has 1 aromatic carbocycles. The quantitative estimate of drug-likeness (QED) is 0.364. The molecule has 0 bridgehead atoms. The summed E-state index contributed by atoms with van der Waals surface area (Å²) in [7, 11) is 0. The van der Waals surface area contributed by atoms with E-state index >= 15 is 0 Å². The number of amides is 1. The number of rotatable bonds is 5. The third-order valence-corrected chi connectivity index (χ3v) is 6.09. The van der Waals surface area contributed by atoms with E-state index in [-0.39, 0.29) is 35.3 Å². The number of fused-ring (bicyclic) bond motifs is 1. The van der Waals surface area contributed by atoms with Crippen molar-refractivity contribution in [2.24, 2.45) is 5.92 Å². The van der Waals surface area contributed by atoms with Crippen LogP contribution >= 0.6 is 11.3 Å². The van der Waals surface area contributed by atoms with E-state index in [1.54, 1.807) is 12.1 Å². The van der Waals surface area contributed by atoms with Crippen LogP contribution in [0.5, 0.6) is 0 Å². The van der Waals surface area contributed by atoms with Crippen LogP contribution in [0.3, 0.4) is 0 Å². The summed E-state index contributed by atoms with van der Waals surface area (Å²) >= 11 is 1.51. The SMILES string of the molecule is C[C@@H](O)[C@H]1C(=O)N2C(C(=O)[O-])=C(c3cc(C=O)cc(-c4cccs4)c3)C[C@H]12.[Na+]. The van der Waals surface area contributed by atoms with Crippen LogP contribution in [0.15, 0.2) is 41.4 Å². The molecule has 138 valence electrons. The Morgan fingerprint density at radius 1 is 1.36 bits per heavy atom. The van der Waals surface area contributed by atoms with E-state index in [2.05, 4.69) is 0 Å². The zero-order chi connectivity index (χ0) is 19.3. The largest absolute Gasteiger partial charge is 1.00 e. The van der Waals surface area contributed by atoms with Crippen LogP contribution in [0.2, 0.25) is 0 Å². The van der Waals surface area contributed by atoms with Crippen molar-refractivity contribution in [3.8, 4) is 10.4 Å². The van der Waals surface area contributed by atoms with Crippen molar-refractivity contribution < 1.29 is 54.2 Å². The summed E-state index contributed by atoms with van der Waals surface area (Å²) in [5.74, 6) is -2.46. The Morgan fingerprint density at radius 3 is 2.64 bits per heavy atom. The van der Waals surface area contributed by atoms with Crippen LogP contribution in [0.4, 0.5) is 0 Å². The van der Waals surface area contributed by atoms with Crippen molar-refractivity contribution in [3.63, 3.8) is 0 Å². The van der Waals surface area contributed by atoms with Crippen LogP contribution < -0.4 is 34.7 Å². The first kappa shape index (κ1) is 21.0. The van der Waals surface area contributed by atoms with E-state index in [1.165, 1.54) is 23.2 Å². The van der Waals surface area contributed by atoms with Gasteiger partial charge in [-0.3, -0.25) is 9.59 Å². The zero-order valence-electron chi connectivity index (χ0n) is 15.4. The van der Waals surface area contributed by atoms with Gasteiger partial charge in [-0.25, -0.2) is 0 Å². The molecule has 1 fully saturated rings. The first-order valence-electron chi connectivity index (χ1n) is 8.52. The summed E-state index contributed by atoms with van der Waals surface area (Å²) in [6.07, 6.45) is 0.161. The molecule has 8 heteroatoms. The van der Waals surface area contributed by atoms with Crippen molar-refractivity contribution in [1.29, 1.82) is 0 Å². The van der Waals surface area contributed by atoms with Crippen molar-refractivity contribution in [2.75, 3.05) is 0 Å². The number of carbonyl (C=O) groups excluding carboxylic acids is 3. The van der Waals surface area contributed by atoms with E-state index in [4.69, 9.17) is 0 Å². The third-order valence-electron chi connectivity index (χ3n) is 5.17. The fourth-order valence-electron chi connectivity index (χ4n) is 4.00. The standard InChI is InChI=1S/C20H17NO5S.Na/c1-10(23)17-15-8-14(18(20(25)26)21(15)19(17)24)12-5-11(9-22)6-13(7-12)16-3-2-4-27-16;/h2-7,9-10,15,17,23H,8H2,1H3,(H,25,26);/q;+1/p-1/t10-,15-,17-;/m1./s1. The Labute approximate surface area is 187 Å². The molecular weight excluding hydrogens is 389 g/mol. The maximum atomic E-state index is 12.3. The molecule has 2 aromatic rings. The molecule has 0 radical (unpaired) electrons. The van der Waals surface area contributed by atoms with E-state index in [0.29, 0.717) is 29.4 Å². The summed E-state index contributed by atoms with van der Waals surface area (Å²) in [4.78, 5) is 37.7. The normalized spacial score (nSPS) is 21.6. The molecule has 2 aliphatic rings. The van der Waals surface area contributed by atoms with Gasteiger partial charge in [-0.2, -0.15) is 0 Å². The second kappa shape index (κ2) is 7.93. The minimum absolute atomic E-state index is 0. The van der Waals surface area contributed by atoms with Gasteiger partial charge >= 0.3 is 29.6 Å². The molecule has 1 N–H and O–H groups in total. The third kappa shape index (κ3) is 3.27. The van der Waals surface area contributed by atoms with Crippen molar-refractivity contribution in [1.82, 2.24) is 4.90 Å². The topological polar surface area (TPSA) is 97.7 Å². The Bertz CT molecular complexity index is 982. The second-order valence-corrected chi connectivity index (χ2v) is 7.75. The summed E-state index contributed by atoms with van der Waals surface area (Å²) in [5, 5.41) is 23.5. The van der Waals surface area contributed by atoms with Crippen LogP contribution in [0, 0.1) is 5.92 Å². The van der Waals surface area contributed by atoms with Gasteiger partial charge in [0.15, 0.2) is 0 Å². The molecule has 4 rings (SSSR count). The number of carboxylic acid groups (broad SMARTS) is 1. The van der Waals surface area contributed by atoms with Gasteiger partial charge in [-0.1, -0.05) is 6.07 Å². The second-order valence-electron chi connectivity index (χ2n) is 6.80. The molecule has 3 atom stereocenters. The van der Waals surface area contributed by atoms with Crippen LogP contribution in [-0.2, 0) is 9.59 Å². The molecule has 1 saturated heterocycles. The molecule has 0 saturated carbocycles. The number of aldehydes is 1. The molecule has 2 aliphatic heterocycles. The molecule has 1 aromatic heterocycles. The maximum Gasteiger partial charge on any atom is 1.00 e. The van der Waals surface area contributed by atoms with Crippen LogP contribution in [-0.4, -0.2) is 40.3 Å². The van der Waals surface area contributed by atoms with E-state index in [1.807, 2.05) is 23.6 Å². The number of thiophene rings is 1. The molecule has 3 heterocycles. The van der Waals surface area contributed by atoms with Crippen molar-refractivity contribution in [3.05, 3.63) is 52.5 Å². The first-order valence-corrected chi connectivity index (χ1v) is 9.40. The van der Waals surface area contributed by atoms with Gasteiger partial charge in [0.05, 0.1) is 29.7 Å².